The van der Waals surface area contributed by atoms with Crippen molar-refractivity contribution in [2.24, 2.45) is 5.92 Å². The summed E-state index contributed by atoms with van der Waals surface area (Å²) in [5.41, 5.74) is 1.41. The molecule has 96 valence electrons. The van der Waals surface area contributed by atoms with Crippen LogP contribution in [0.4, 0.5) is 0 Å². The number of allylic oxidation sites excluding steroid dienone is 2. The van der Waals surface area contributed by atoms with Gasteiger partial charge in [-0.3, -0.25) is 0 Å². The van der Waals surface area contributed by atoms with Crippen LogP contribution in [0.15, 0.2) is 12.2 Å². The van der Waals surface area contributed by atoms with Crippen LogP contribution in [-0.2, 0) is 4.43 Å². The standard InChI is InChI=1S/C15H26OSi/c1-13(2)17(14(3)4)16-12-8-11-15-9-6-5-7-10-15/h5-6,13-15,17H,7,9-10,12H2,1-4H3. The van der Waals surface area contributed by atoms with E-state index in [0.29, 0.717) is 23.6 Å². The highest BCUT2D eigenvalue weighted by atomic mass is 28.3. The first-order chi connectivity index (χ1) is 8.11. The quantitative estimate of drug-likeness (QED) is 0.418. The first-order valence-electron chi connectivity index (χ1n) is 6.86. The molecular formula is C15H26OSi. The van der Waals surface area contributed by atoms with Gasteiger partial charge in [0.2, 0.25) is 0 Å². The second-order valence-corrected chi connectivity index (χ2v) is 9.50. The fraction of sp³-hybridized carbons (Fsp3) is 0.733. The maximum absolute atomic E-state index is 6.00. The molecule has 1 aliphatic rings. The molecule has 0 saturated heterocycles. The van der Waals surface area contributed by atoms with E-state index in [1.54, 1.807) is 0 Å². The largest absolute Gasteiger partial charge is 0.409 e. The van der Waals surface area contributed by atoms with Gasteiger partial charge in [0.1, 0.15) is 0 Å². The van der Waals surface area contributed by atoms with Gasteiger partial charge in [-0.25, -0.2) is 0 Å². The summed E-state index contributed by atoms with van der Waals surface area (Å²) in [6.07, 6.45) is 8.05. The Labute approximate surface area is 108 Å². The molecule has 0 radical (unpaired) electrons. The molecule has 1 aliphatic carbocycles. The molecule has 0 heterocycles. The average molecular weight is 250 g/mol. The highest BCUT2D eigenvalue weighted by molar-refractivity contribution is 6.55. The van der Waals surface area contributed by atoms with Crippen molar-refractivity contribution in [3.05, 3.63) is 12.2 Å². The summed E-state index contributed by atoms with van der Waals surface area (Å²) < 4.78 is 6.00. The van der Waals surface area contributed by atoms with Crippen LogP contribution in [-0.4, -0.2) is 15.6 Å². The van der Waals surface area contributed by atoms with Crippen LogP contribution in [0.1, 0.15) is 47.0 Å². The number of hydrogen-bond acceptors (Lipinski definition) is 1. The Morgan fingerprint density at radius 1 is 1.24 bits per heavy atom. The second kappa shape index (κ2) is 7.74. The smallest absolute Gasteiger partial charge is 0.183 e. The third-order valence-corrected chi connectivity index (χ3v) is 6.42. The summed E-state index contributed by atoms with van der Waals surface area (Å²) in [5, 5.41) is 0. The van der Waals surface area contributed by atoms with Crippen LogP contribution in [0.5, 0.6) is 0 Å². The summed E-state index contributed by atoms with van der Waals surface area (Å²) in [7, 11) is -1.07. The molecule has 17 heavy (non-hydrogen) atoms. The molecule has 1 rings (SSSR count). The van der Waals surface area contributed by atoms with Gasteiger partial charge in [-0.2, -0.15) is 0 Å². The molecule has 0 fully saturated rings. The van der Waals surface area contributed by atoms with E-state index < -0.39 is 9.04 Å². The zero-order valence-electron chi connectivity index (χ0n) is 11.7. The van der Waals surface area contributed by atoms with E-state index in [4.69, 9.17) is 4.43 Å². The monoisotopic (exact) mass is 250 g/mol. The van der Waals surface area contributed by atoms with Gasteiger partial charge in [0, 0.05) is 5.92 Å². The molecule has 1 atom stereocenters. The maximum atomic E-state index is 6.00. The number of rotatable bonds is 4. The Kier molecular flexibility index (Phi) is 6.62. The van der Waals surface area contributed by atoms with Crippen molar-refractivity contribution in [2.45, 2.75) is 58.0 Å². The van der Waals surface area contributed by atoms with Crippen molar-refractivity contribution in [1.29, 1.82) is 0 Å². The van der Waals surface area contributed by atoms with Gasteiger partial charge in [-0.15, -0.1) is 0 Å². The van der Waals surface area contributed by atoms with Gasteiger partial charge in [0.25, 0.3) is 0 Å². The summed E-state index contributed by atoms with van der Waals surface area (Å²) in [6, 6.07) is 0. The minimum absolute atomic E-state index is 0.571. The molecule has 0 saturated carbocycles. The van der Waals surface area contributed by atoms with E-state index >= 15 is 0 Å². The SMILES string of the molecule is CC(C)[SiH](OCC#CC1CC=CCC1)C(C)C. The van der Waals surface area contributed by atoms with Crippen LogP contribution in [0.3, 0.4) is 0 Å². The van der Waals surface area contributed by atoms with E-state index in [9.17, 15) is 0 Å². The molecule has 0 spiro atoms. The van der Waals surface area contributed by atoms with E-state index in [1.165, 1.54) is 12.8 Å². The first kappa shape index (κ1) is 14.5. The van der Waals surface area contributed by atoms with Crippen LogP contribution in [0.25, 0.3) is 0 Å². The highest BCUT2D eigenvalue weighted by Gasteiger charge is 2.20. The van der Waals surface area contributed by atoms with E-state index in [0.717, 1.165) is 6.42 Å². The molecular weight excluding hydrogens is 224 g/mol. The van der Waals surface area contributed by atoms with Crippen molar-refractivity contribution in [3.8, 4) is 11.8 Å². The lowest BCUT2D eigenvalue weighted by atomic mass is 9.95. The maximum Gasteiger partial charge on any atom is 0.183 e. The minimum Gasteiger partial charge on any atom is -0.409 e. The van der Waals surface area contributed by atoms with Crippen LogP contribution in [0.2, 0.25) is 11.1 Å². The molecule has 0 bridgehead atoms. The lowest BCUT2D eigenvalue weighted by Gasteiger charge is -2.21. The zero-order chi connectivity index (χ0) is 12.7. The average Bonchev–Trinajstić information content (AvgIpc) is 2.29. The van der Waals surface area contributed by atoms with Gasteiger partial charge >= 0.3 is 0 Å². The molecule has 0 N–H and O–H groups in total. The van der Waals surface area contributed by atoms with Gasteiger partial charge in [-0.1, -0.05) is 51.7 Å². The molecule has 0 aromatic heterocycles. The van der Waals surface area contributed by atoms with Gasteiger partial charge in [-0.05, 0) is 30.3 Å². The molecule has 2 heteroatoms. The summed E-state index contributed by atoms with van der Waals surface area (Å²) in [5.74, 6) is 7.15. The Hall–Kier alpha value is -0.523. The van der Waals surface area contributed by atoms with Crippen molar-refractivity contribution < 1.29 is 4.43 Å². The second-order valence-electron chi connectivity index (χ2n) is 5.57. The summed E-state index contributed by atoms with van der Waals surface area (Å²) in [6.45, 7) is 9.74. The molecule has 0 aromatic rings. The summed E-state index contributed by atoms with van der Waals surface area (Å²) in [4.78, 5) is 0. The molecule has 1 nitrogen and oxygen atoms in total. The normalized spacial score (nSPS) is 19.8. The van der Waals surface area contributed by atoms with Crippen molar-refractivity contribution in [3.63, 3.8) is 0 Å². The lowest BCUT2D eigenvalue weighted by molar-refractivity contribution is 0.358. The van der Waals surface area contributed by atoms with Crippen molar-refractivity contribution in [2.75, 3.05) is 6.61 Å². The fourth-order valence-corrected chi connectivity index (χ4v) is 4.99. The molecule has 1 unspecified atom stereocenters. The fourth-order valence-electron chi connectivity index (χ4n) is 2.40. The van der Waals surface area contributed by atoms with Gasteiger partial charge in [0.15, 0.2) is 9.04 Å². The predicted molar refractivity (Wildman–Crippen MR) is 77.6 cm³/mol. The van der Waals surface area contributed by atoms with Crippen molar-refractivity contribution >= 4 is 9.04 Å². The third kappa shape index (κ3) is 5.56. The van der Waals surface area contributed by atoms with Crippen molar-refractivity contribution in [1.82, 2.24) is 0 Å². The topological polar surface area (TPSA) is 9.23 Å². The first-order valence-corrected chi connectivity index (χ1v) is 8.66. The Bertz CT molecular complexity index is 288. The predicted octanol–water partition coefficient (Wildman–Crippen LogP) is 3.91. The van der Waals surface area contributed by atoms with Gasteiger partial charge in [0.05, 0.1) is 6.61 Å². The molecule has 0 aliphatic heterocycles. The van der Waals surface area contributed by atoms with Crippen LogP contribution >= 0.6 is 0 Å². The van der Waals surface area contributed by atoms with E-state index in [2.05, 4.69) is 51.7 Å². The van der Waals surface area contributed by atoms with E-state index in [-0.39, 0.29) is 0 Å². The Balaban J connectivity index is 2.30. The molecule has 0 aromatic carbocycles. The zero-order valence-corrected chi connectivity index (χ0v) is 12.9. The van der Waals surface area contributed by atoms with Crippen LogP contribution < -0.4 is 0 Å². The van der Waals surface area contributed by atoms with E-state index in [1.807, 2.05) is 0 Å². The summed E-state index contributed by atoms with van der Waals surface area (Å²) >= 11 is 0. The number of hydrogen-bond donors (Lipinski definition) is 0. The van der Waals surface area contributed by atoms with Gasteiger partial charge < -0.3 is 4.43 Å². The highest BCUT2D eigenvalue weighted by Crippen LogP contribution is 2.20. The molecule has 0 amide bonds. The minimum atomic E-state index is -1.07. The van der Waals surface area contributed by atoms with Crippen LogP contribution in [0, 0.1) is 17.8 Å². The lowest BCUT2D eigenvalue weighted by Crippen LogP contribution is -2.25. The Morgan fingerprint density at radius 3 is 2.47 bits per heavy atom. The third-order valence-electron chi connectivity index (χ3n) is 3.24. The Morgan fingerprint density at radius 2 is 1.94 bits per heavy atom.